The zero-order valence-corrected chi connectivity index (χ0v) is 12.5. The third kappa shape index (κ3) is 3.06. The molecule has 0 aliphatic rings. The summed E-state index contributed by atoms with van der Waals surface area (Å²) in [6, 6.07) is 5.53. The maximum absolute atomic E-state index is 9.04. The van der Waals surface area contributed by atoms with Crippen LogP contribution in [0.25, 0.3) is 0 Å². The Morgan fingerprint density at radius 3 is 2.40 bits per heavy atom. The number of halogens is 1. The van der Waals surface area contributed by atoms with E-state index in [1.807, 2.05) is 19.1 Å². The average molecular weight is 461 g/mol. The van der Waals surface area contributed by atoms with Crippen molar-refractivity contribution in [1.82, 2.24) is 0 Å². The first-order chi connectivity index (χ1) is 4.20. The van der Waals surface area contributed by atoms with Crippen LogP contribution in [0.4, 0.5) is 0 Å². The van der Waals surface area contributed by atoms with E-state index in [1.54, 1.807) is 6.07 Å². The van der Waals surface area contributed by atoms with Crippen LogP contribution >= 0.6 is 22.6 Å². The molecule has 0 saturated carbocycles. The molecule has 1 nitrogen and oxygen atoms in total. The molecule has 51 valence electrons. The van der Waals surface area contributed by atoms with Crippen molar-refractivity contribution in [2.75, 3.05) is 0 Å². The van der Waals surface area contributed by atoms with Gasteiger partial charge in [0.2, 0.25) is 0 Å². The zero-order valence-electron chi connectivity index (χ0n) is 5.63. The summed E-state index contributed by atoms with van der Waals surface area (Å²) in [5.41, 5.74) is 1.18. The summed E-state index contributed by atoms with van der Waals surface area (Å²) < 4.78 is 0.910. The van der Waals surface area contributed by atoms with Gasteiger partial charge in [0.05, 0.1) is 3.57 Å². The van der Waals surface area contributed by atoms with Crippen molar-refractivity contribution in [3.8, 4) is 5.75 Å². The van der Waals surface area contributed by atoms with E-state index in [0.29, 0.717) is 5.75 Å². The Labute approximate surface area is 110 Å². The first-order valence-electron chi connectivity index (χ1n) is 2.65. The van der Waals surface area contributed by atoms with Crippen LogP contribution in [-0.2, 0) is 0 Å². The number of phenols is 1. The molecular weight excluding hydrogens is 454 g/mol. The van der Waals surface area contributed by atoms with Crippen molar-refractivity contribution in [2.45, 2.75) is 6.92 Å². The Balaban J connectivity index is 0.000000810. The number of phenolic OH excluding ortho intramolecular Hbond substituents is 1. The zero-order chi connectivity index (χ0) is 6.85. The molecule has 1 aromatic rings. The van der Waals surface area contributed by atoms with Gasteiger partial charge in [-0.2, -0.15) is 0 Å². The van der Waals surface area contributed by atoms with Gasteiger partial charge >= 0.3 is 0 Å². The molecule has 10 heavy (non-hydrogen) atoms. The maximum atomic E-state index is 9.04. The van der Waals surface area contributed by atoms with Gasteiger partial charge in [0.25, 0.3) is 0 Å². The fourth-order valence-corrected chi connectivity index (χ4v) is 1.28. The van der Waals surface area contributed by atoms with Gasteiger partial charge in [0.1, 0.15) is 5.75 Å². The predicted octanol–water partition coefficient (Wildman–Crippen LogP) is 2.31. The summed E-state index contributed by atoms with van der Waals surface area (Å²) in [5.74, 6) is 0.362. The minimum atomic E-state index is 0. The van der Waals surface area contributed by atoms with Gasteiger partial charge in [0, 0.05) is 44.1 Å². The molecule has 0 aliphatic heterocycles. The molecule has 0 unspecified atom stereocenters. The average Bonchev–Trinajstić information content (AvgIpc) is 1.80. The Bertz CT molecular complexity index is 225. The number of aryl methyl sites for hydroxylation is 1. The van der Waals surface area contributed by atoms with Crippen LogP contribution in [0.2, 0.25) is 0 Å². The van der Waals surface area contributed by atoms with Crippen LogP contribution in [0.1, 0.15) is 5.56 Å². The van der Waals surface area contributed by atoms with E-state index < -0.39 is 0 Å². The smallest absolute Gasteiger partial charge is 0.128 e. The van der Waals surface area contributed by atoms with Crippen LogP contribution in [0, 0.1) is 54.6 Å². The molecule has 0 amide bonds. The van der Waals surface area contributed by atoms with Gasteiger partial charge in [0.15, 0.2) is 0 Å². The molecule has 1 radical (unpaired) electrons. The topological polar surface area (TPSA) is 20.2 Å². The van der Waals surface area contributed by atoms with E-state index in [0.717, 1.165) is 3.57 Å². The molecular formula is C7H7AcIO. The SMILES string of the molecule is Cc1ccc(O)c(I)c1.[Ac]. The molecule has 0 heterocycles. The largest absolute Gasteiger partial charge is 0.507 e. The second-order valence-electron chi connectivity index (χ2n) is 1.95. The Hall–Kier alpha value is 1.19. The Morgan fingerprint density at radius 2 is 2.00 bits per heavy atom. The van der Waals surface area contributed by atoms with Gasteiger partial charge in [-0.15, -0.1) is 0 Å². The van der Waals surface area contributed by atoms with Crippen molar-refractivity contribution in [3.63, 3.8) is 0 Å². The summed E-state index contributed by atoms with van der Waals surface area (Å²) in [4.78, 5) is 0. The minimum Gasteiger partial charge on any atom is -0.507 e. The summed E-state index contributed by atoms with van der Waals surface area (Å²) in [5, 5.41) is 9.04. The van der Waals surface area contributed by atoms with Gasteiger partial charge in [-0.25, -0.2) is 0 Å². The van der Waals surface area contributed by atoms with Crippen molar-refractivity contribution in [2.24, 2.45) is 0 Å². The first-order valence-corrected chi connectivity index (χ1v) is 3.73. The minimum absolute atomic E-state index is 0. The third-order valence-corrected chi connectivity index (χ3v) is 1.97. The van der Waals surface area contributed by atoms with E-state index in [4.69, 9.17) is 5.11 Å². The molecule has 0 bridgehead atoms. The second-order valence-corrected chi connectivity index (χ2v) is 3.12. The number of benzene rings is 1. The molecule has 1 rings (SSSR count). The summed E-state index contributed by atoms with van der Waals surface area (Å²) in [7, 11) is 0. The quantitative estimate of drug-likeness (QED) is 0.589. The van der Waals surface area contributed by atoms with E-state index in [1.165, 1.54) is 5.56 Å². The van der Waals surface area contributed by atoms with Gasteiger partial charge < -0.3 is 5.11 Å². The molecule has 0 aromatic heterocycles. The van der Waals surface area contributed by atoms with E-state index in [9.17, 15) is 0 Å². The maximum Gasteiger partial charge on any atom is 0.128 e. The van der Waals surface area contributed by atoms with E-state index >= 15 is 0 Å². The Morgan fingerprint density at radius 1 is 1.40 bits per heavy atom. The van der Waals surface area contributed by atoms with Crippen molar-refractivity contribution >= 4 is 22.6 Å². The molecule has 3 heteroatoms. The number of hydrogen-bond acceptors (Lipinski definition) is 1. The van der Waals surface area contributed by atoms with Crippen LogP contribution in [-0.4, -0.2) is 5.11 Å². The van der Waals surface area contributed by atoms with E-state index in [2.05, 4.69) is 22.6 Å². The number of aromatic hydroxyl groups is 1. The van der Waals surface area contributed by atoms with Crippen LogP contribution < -0.4 is 0 Å². The van der Waals surface area contributed by atoms with Crippen molar-refractivity contribution in [1.29, 1.82) is 0 Å². The van der Waals surface area contributed by atoms with Gasteiger partial charge in [-0.3, -0.25) is 0 Å². The summed E-state index contributed by atoms with van der Waals surface area (Å²) >= 11 is 2.10. The molecule has 1 N–H and O–H groups in total. The molecule has 1 aromatic carbocycles. The second kappa shape index (κ2) is 4.95. The molecule has 0 saturated heterocycles. The molecule has 0 spiro atoms. The Kier molecular flexibility index (Phi) is 5.54. The monoisotopic (exact) mass is 461 g/mol. The predicted molar refractivity (Wildman–Crippen MR) is 45.6 cm³/mol. The fourth-order valence-electron chi connectivity index (χ4n) is 0.612. The molecule has 0 aliphatic carbocycles. The van der Waals surface area contributed by atoms with Crippen LogP contribution in [0.15, 0.2) is 18.2 Å². The van der Waals surface area contributed by atoms with Crippen molar-refractivity contribution in [3.05, 3.63) is 27.3 Å². The number of hydrogen-bond donors (Lipinski definition) is 1. The standard InChI is InChI=1S/C7H7IO.Ac/c1-5-2-3-7(9)6(8)4-5;/h2-4,9H,1H3;. The van der Waals surface area contributed by atoms with Gasteiger partial charge in [-0.1, -0.05) is 6.07 Å². The van der Waals surface area contributed by atoms with E-state index in [-0.39, 0.29) is 44.1 Å². The first kappa shape index (κ1) is 11.2. The molecule has 0 fully saturated rings. The number of rotatable bonds is 0. The van der Waals surface area contributed by atoms with Crippen LogP contribution in [0.5, 0.6) is 5.75 Å². The van der Waals surface area contributed by atoms with Gasteiger partial charge in [-0.05, 0) is 47.2 Å². The normalized spacial score (nSPS) is 8.60. The van der Waals surface area contributed by atoms with Crippen molar-refractivity contribution < 1.29 is 49.2 Å². The fraction of sp³-hybridized carbons (Fsp3) is 0.143. The third-order valence-electron chi connectivity index (χ3n) is 1.10. The summed E-state index contributed by atoms with van der Waals surface area (Å²) in [6.07, 6.45) is 0. The summed E-state index contributed by atoms with van der Waals surface area (Å²) in [6.45, 7) is 2.00. The van der Waals surface area contributed by atoms with Crippen LogP contribution in [0.3, 0.4) is 0 Å². The molecule has 0 atom stereocenters.